The number of hydrogen-bond acceptors (Lipinski definition) is 4. The molecule has 186 valence electrons. The summed E-state index contributed by atoms with van der Waals surface area (Å²) in [6.45, 7) is 0.840. The summed E-state index contributed by atoms with van der Waals surface area (Å²) in [5.74, 6) is 0.591. The maximum atomic E-state index is 12.8. The Balaban J connectivity index is 1.12. The Morgan fingerprint density at radius 2 is 1.56 bits per heavy atom. The molecule has 2 N–H and O–H groups in total. The molecule has 0 aromatic heterocycles. The monoisotopic (exact) mass is 503 g/mol. The van der Waals surface area contributed by atoms with Crippen LogP contribution in [-0.4, -0.2) is 41.4 Å². The smallest absolute Gasteiger partial charge is 0.255 e. The Labute approximate surface area is 216 Å². The second kappa shape index (κ2) is 11.1. The first-order valence-corrected chi connectivity index (χ1v) is 12.8. The molecule has 5 rings (SSSR count). The van der Waals surface area contributed by atoms with Gasteiger partial charge in [-0.05, 0) is 67.6 Å². The summed E-state index contributed by atoms with van der Waals surface area (Å²) in [6, 6.07) is 25.4. The van der Waals surface area contributed by atoms with E-state index in [4.69, 9.17) is 16.3 Å². The zero-order valence-electron chi connectivity index (χ0n) is 20.0. The quantitative estimate of drug-likeness (QED) is 0.444. The molecular formula is C29H30ClN3O3. The number of piperidine rings is 1. The molecule has 2 aliphatic heterocycles. The molecule has 3 aromatic carbocycles. The van der Waals surface area contributed by atoms with Crippen molar-refractivity contribution in [3.05, 3.63) is 95.0 Å². The third kappa shape index (κ3) is 5.89. The molecule has 0 radical (unpaired) electrons. The van der Waals surface area contributed by atoms with E-state index in [1.165, 1.54) is 5.56 Å². The number of hydrogen-bond donors (Lipinski definition) is 2. The van der Waals surface area contributed by atoms with E-state index in [1.807, 2.05) is 48.5 Å². The zero-order chi connectivity index (χ0) is 24.9. The van der Waals surface area contributed by atoms with Gasteiger partial charge in [0.25, 0.3) is 5.91 Å². The summed E-state index contributed by atoms with van der Waals surface area (Å²) in [6.07, 6.45) is 4.16. The molecule has 7 heteroatoms. The van der Waals surface area contributed by atoms with Crippen molar-refractivity contribution in [2.75, 3.05) is 6.54 Å². The topological polar surface area (TPSA) is 70.7 Å². The van der Waals surface area contributed by atoms with Gasteiger partial charge in [-0.1, -0.05) is 54.1 Å². The Morgan fingerprint density at radius 3 is 2.28 bits per heavy atom. The van der Waals surface area contributed by atoms with Crippen LogP contribution >= 0.6 is 11.6 Å². The number of nitrogens with one attached hydrogen (secondary N) is 2. The molecule has 0 spiro atoms. The normalized spacial score (nSPS) is 21.1. The number of fused-ring (bicyclic) bond motifs is 2. The first-order valence-electron chi connectivity index (χ1n) is 12.4. The van der Waals surface area contributed by atoms with Gasteiger partial charge in [0, 0.05) is 29.7 Å². The van der Waals surface area contributed by atoms with E-state index in [2.05, 4.69) is 27.7 Å². The van der Waals surface area contributed by atoms with Crippen LogP contribution in [0.5, 0.6) is 11.5 Å². The van der Waals surface area contributed by atoms with E-state index in [0.29, 0.717) is 29.1 Å². The van der Waals surface area contributed by atoms with Gasteiger partial charge >= 0.3 is 0 Å². The van der Waals surface area contributed by atoms with Crippen LogP contribution in [0, 0.1) is 0 Å². The number of benzene rings is 3. The summed E-state index contributed by atoms with van der Waals surface area (Å²) in [7, 11) is 0. The Bertz CT molecular complexity index is 1190. The van der Waals surface area contributed by atoms with Gasteiger partial charge in [-0.3, -0.25) is 14.5 Å². The summed E-state index contributed by atoms with van der Waals surface area (Å²) in [5.41, 5.74) is 1.65. The van der Waals surface area contributed by atoms with Crippen LogP contribution in [0.4, 0.5) is 0 Å². The molecule has 0 saturated carbocycles. The van der Waals surface area contributed by atoms with E-state index < -0.39 is 0 Å². The van der Waals surface area contributed by atoms with E-state index in [9.17, 15) is 9.59 Å². The average molecular weight is 504 g/mol. The predicted molar refractivity (Wildman–Crippen MR) is 140 cm³/mol. The van der Waals surface area contributed by atoms with Crippen molar-refractivity contribution in [1.29, 1.82) is 0 Å². The van der Waals surface area contributed by atoms with Crippen LogP contribution in [0.2, 0.25) is 5.02 Å². The molecule has 2 aliphatic rings. The highest BCUT2D eigenvalue weighted by Gasteiger charge is 2.40. The lowest BCUT2D eigenvalue weighted by Crippen LogP contribution is -2.51. The molecule has 2 fully saturated rings. The number of nitrogens with zero attached hydrogens (tertiary/aromatic N) is 1. The van der Waals surface area contributed by atoms with Crippen LogP contribution in [0.1, 0.15) is 41.6 Å². The highest BCUT2D eigenvalue weighted by Crippen LogP contribution is 2.37. The van der Waals surface area contributed by atoms with Crippen molar-refractivity contribution < 1.29 is 14.3 Å². The summed E-state index contributed by atoms with van der Waals surface area (Å²) >= 11 is 6.03. The van der Waals surface area contributed by atoms with Crippen LogP contribution in [0.3, 0.4) is 0 Å². The largest absolute Gasteiger partial charge is 0.457 e. The van der Waals surface area contributed by atoms with E-state index in [0.717, 1.165) is 37.3 Å². The van der Waals surface area contributed by atoms with Crippen molar-refractivity contribution in [3.63, 3.8) is 0 Å². The van der Waals surface area contributed by atoms with Gasteiger partial charge < -0.3 is 15.4 Å². The molecule has 36 heavy (non-hydrogen) atoms. The first kappa shape index (κ1) is 24.3. The molecule has 2 heterocycles. The van der Waals surface area contributed by atoms with E-state index >= 15 is 0 Å². The molecule has 6 nitrogen and oxygen atoms in total. The highest BCUT2D eigenvalue weighted by molar-refractivity contribution is 6.30. The molecule has 3 aromatic rings. The number of carbonyl (C=O) groups is 2. The SMILES string of the molecule is O=C(CNC(=O)c1ccccc1Oc1ccccc1)NC1CC2CCC(C1)N2Cc1ccc(Cl)cc1. The second-order valence-electron chi connectivity index (χ2n) is 9.51. The lowest BCUT2D eigenvalue weighted by Gasteiger charge is -2.39. The average Bonchev–Trinajstić information content (AvgIpc) is 3.11. The van der Waals surface area contributed by atoms with Crippen LogP contribution in [0.25, 0.3) is 0 Å². The van der Waals surface area contributed by atoms with Crippen molar-refractivity contribution in [3.8, 4) is 11.5 Å². The number of para-hydroxylation sites is 2. The summed E-state index contributed by atoms with van der Waals surface area (Å²) in [4.78, 5) is 28.1. The lowest BCUT2D eigenvalue weighted by molar-refractivity contribution is -0.121. The van der Waals surface area contributed by atoms with E-state index in [-0.39, 0.29) is 24.4 Å². The summed E-state index contributed by atoms with van der Waals surface area (Å²) < 4.78 is 5.88. The summed E-state index contributed by atoms with van der Waals surface area (Å²) in [5, 5.41) is 6.64. The number of carbonyl (C=O) groups excluding carboxylic acids is 2. The Hall–Kier alpha value is -3.35. The second-order valence-corrected chi connectivity index (χ2v) is 9.95. The fraction of sp³-hybridized carbons (Fsp3) is 0.310. The highest BCUT2D eigenvalue weighted by atomic mass is 35.5. The van der Waals surface area contributed by atoms with Crippen molar-refractivity contribution in [2.24, 2.45) is 0 Å². The maximum absolute atomic E-state index is 12.8. The van der Waals surface area contributed by atoms with Crippen molar-refractivity contribution >= 4 is 23.4 Å². The van der Waals surface area contributed by atoms with Gasteiger partial charge in [-0.25, -0.2) is 0 Å². The molecule has 2 amide bonds. The molecule has 2 unspecified atom stereocenters. The minimum Gasteiger partial charge on any atom is -0.457 e. The predicted octanol–water partition coefficient (Wildman–Crippen LogP) is 5.17. The molecule has 2 saturated heterocycles. The van der Waals surface area contributed by atoms with Gasteiger partial charge in [-0.2, -0.15) is 0 Å². The van der Waals surface area contributed by atoms with Gasteiger partial charge in [-0.15, -0.1) is 0 Å². The third-order valence-corrected chi connectivity index (χ3v) is 7.29. The van der Waals surface area contributed by atoms with Gasteiger partial charge in [0.2, 0.25) is 5.91 Å². The Morgan fingerprint density at radius 1 is 0.889 bits per heavy atom. The van der Waals surface area contributed by atoms with Gasteiger partial charge in [0.15, 0.2) is 0 Å². The fourth-order valence-electron chi connectivity index (χ4n) is 5.34. The number of rotatable bonds is 8. The Kier molecular flexibility index (Phi) is 7.54. The standard InChI is InChI=1S/C29H30ClN3O3/c30-21-12-10-20(11-13-21)19-33-23-14-15-24(33)17-22(16-23)32-28(34)18-31-29(35)26-8-4-5-9-27(26)36-25-6-2-1-3-7-25/h1-13,22-24H,14-19H2,(H,31,35)(H,32,34). The number of amides is 2. The number of halogens is 1. The van der Waals surface area contributed by atoms with Gasteiger partial charge in [0.05, 0.1) is 12.1 Å². The molecule has 0 aliphatic carbocycles. The number of ether oxygens (including phenoxy) is 1. The maximum Gasteiger partial charge on any atom is 0.255 e. The first-order chi connectivity index (χ1) is 17.5. The minimum atomic E-state index is -0.338. The minimum absolute atomic E-state index is 0.0706. The van der Waals surface area contributed by atoms with E-state index in [1.54, 1.807) is 18.2 Å². The molecule has 2 bridgehead atoms. The van der Waals surface area contributed by atoms with Crippen molar-refractivity contribution in [2.45, 2.75) is 50.4 Å². The fourth-order valence-corrected chi connectivity index (χ4v) is 5.47. The van der Waals surface area contributed by atoms with Crippen molar-refractivity contribution in [1.82, 2.24) is 15.5 Å². The third-order valence-electron chi connectivity index (χ3n) is 7.04. The van der Waals surface area contributed by atoms with Crippen LogP contribution in [-0.2, 0) is 11.3 Å². The lowest BCUT2D eigenvalue weighted by atomic mass is 9.96. The van der Waals surface area contributed by atoms with Crippen LogP contribution in [0.15, 0.2) is 78.9 Å². The molecule has 2 atom stereocenters. The molecular weight excluding hydrogens is 474 g/mol. The zero-order valence-corrected chi connectivity index (χ0v) is 20.8. The van der Waals surface area contributed by atoms with Gasteiger partial charge in [0.1, 0.15) is 11.5 Å². The van der Waals surface area contributed by atoms with Crippen LogP contribution < -0.4 is 15.4 Å².